The molecule has 1 heterocycles. The number of hydrogen-bond acceptors (Lipinski definition) is 3. The highest BCUT2D eigenvalue weighted by Gasteiger charge is 2.19. The lowest BCUT2D eigenvalue weighted by molar-refractivity contribution is 0.321. The first-order chi connectivity index (χ1) is 7.66. The zero-order valence-corrected chi connectivity index (χ0v) is 10.2. The number of anilines is 1. The minimum absolute atomic E-state index is 0.0194. The van der Waals surface area contributed by atoms with Gasteiger partial charge in [0.1, 0.15) is 0 Å². The van der Waals surface area contributed by atoms with E-state index in [-0.39, 0.29) is 6.04 Å². The van der Waals surface area contributed by atoms with Gasteiger partial charge in [0.15, 0.2) is 0 Å². The van der Waals surface area contributed by atoms with Crippen LogP contribution in [0, 0.1) is 5.92 Å². The highest BCUT2D eigenvalue weighted by atomic mass is 15.1. The largest absolute Gasteiger partial charge is 0.373 e. The third-order valence-electron chi connectivity index (χ3n) is 3.43. The molecule has 1 saturated carbocycles. The first-order valence-electron chi connectivity index (χ1n) is 6.09. The van der Waals surface area contributed by atoms with Crippen LogP contribution in [0.25, 0.3) is 0 Å². The molecule has 1 fully saturated rings. The van der Waals surface area contributed by atoms with E-state index in [1.165, 1.54) is 24.9 Å². The Morgan fingerprint density at radius 1 is 1.50 bits per heavy atom. The van der Waals surface area contributed by atoms with Gasteiger partial charge in [0, 0.05) is 19.6 Å². The summed E-state index contributed by atoms with van der Waals surface area (Å²) in [7, 11) is 2.14. The third-order valence-corrected chi connectivity index (χ3v) is 3.43. The lowest BCUT2D eigenvalue weighted by atomic mass is 9.85. The summed E-state index contributed by atoms with van der Waals surface area (Å²) in [6.45, 7) is 3.11. The van der Waals surface area contributed by atoms with Crippen molar-refractivity contribution in [2.45, 2.75) is 32.2 Å². The molecule has 3 nitrogen and oxygen atoms in total. The molecular formula is C13H21N3. The van der Waals surface area contributed by atoms with Gasteiger partial charge < -0.3 is 10.6 Å². The molecule has 3 heteroatoms. The molecule has 2 rings (SSSR count). The van der Waals surface area contributed by atoms with Gasteiger partial charge >= 0.3 is 0 Å². The molecule has 1 atom stereocenters. The molecule has 0 aromatic carbocycles. The number of aromatic nitrogens is 1. The van der Waals surface area contributed by atoms with Crippen molar-refractivity contribution in [2.24, 2.45) is 11.7 Å². The van der Waals surface area contributed by atoms with Gasteiger partial charge in [-0.1, -0.05) is 6.42 Å². The lowest BCUT2D eigenvalue weighted by Crippen LogP contribution is -2.29. The molecule has 2 N–H and O–H groups in total. The van der Waals surface area contributed by atoms with Gasteiger partial charge in [0.05, 0.1) is 17.6 Å². The highest BCUT2D eigenvalue weighted by molar-refractivity contribution is 5.43. The van der Waals surface area contributed by atoms with Crippen LogP contribution in [-0.2, 0) is 0 Å². The van der Waals surface area contributed by atoms with Crippen molar-refractivity contribution in [3.8, 4) is 0 Å². The molecule has 0 aliphatic heterocycles. The van der Waals surface area contributed by atoms with Crippen LogP contribution in [0.4, 0.5) is 5.69 Å². The zero-order valence-electron chi connectivity index (χ0n) is 10.2. The van der Waals surface area contributed by atoms with E-state index in [0.717, 1.165) is 18.2 Å². The summed E-state index contributed by atoms with van der Waals surface area (Å²) in [5, 5.41) is 0. The first-order valence-corrected chi connectivity index (χ1v) is 6.09. The summed E-state index contributed by atoms with van der Waals surface area (Å²) >= 11 is 0. The van der Waals surface area contributed by atoms with E-state index in [1.807, 2.05) is 19.2 Å². The van der Waals surface area contributed by atoms with Gasteiger partial charge in [-0.3, -0.25) is 4.98 Å². The topological polar surface area (TPSA) is 42.1 Å². The molecule has 0 spiro atoms. The molecule has 0 bridgehead atoms. The van der Waals surface area contributed by atoms with Crippen molar-refractivity contribution in [3.63, 3.8) is 0 Å². The van der Waals surface area contributed by atoms with Crippen LogP contribution in [0.5, 0.6) is 0 Å². The Morgan fingerprint density at radius 3 is 2.69 bits per heavy atom. The van der Waals surface area contributed by atoms with Crippen LogP contribution < -0.4 is 10.6 Å². The number of rotatable bonds is 4. The quantitative estimate of drug-likeness (QED) is 0.845. The normalized spacial score (nSPS) is 17.9. The van der Waals surface area contributed by atoms with E-state index in [9.17, 15) is 0 Å². The van der Waals surface area contributed by atoms with Crippen LogP contribution in [0.2, 0.25) is 0 Å². The second kappa shape index (κ2) is 4.83. The Kier molecular flexibility index (Phi) is 3.44. The van der Waals surface area contributed by atoms with Crippen molar-refractivity contribution in [3.05, 3.63) is 24.0 Å². The van der Waals surface area contributed by atoms with Gasteiger partial charge in [-0.05, 0) is 37.8 Å². The fraction of sp³-hybridized carbons (Fsp3) is 0.615. The molecule has 1 aliphatic carbocycles. The maximum Gasteiger partial charge on any atom is 0.0569 e. The summed E-state index contributed by atoms with van der Waals surface area (Å²) in [6, 6.07) is 4.16. The van der Waals surface area contributed by atoms with Crippen molar-refractivity contribution in [2.75, 3.05) is 18.5 Å². The Labute approximate surface area is 97.7 Å². The van der Waals surface area contributed by atoms with Crippen molar-refractivity contribution >= 4 is 5.69 Å². The molecule has 1 aromatic heterocycles. The molecule has 1 aromatic rings. The maximum absolute atomic E-state index is 5.78. The van der Waals surface area contributed by atoms with Crippen LogP contribution in [0.3, 0.4) is 0 Å². The monoisotopic (exact) mass is 219 g/mol. The molecular weight excluding hydrogens is 198 g/mol. The van der Waals surface area contributed by atoms with E-state index in [4.69, 9.17) is 5.73 Å². The van der Waals surface area contributed by atoms with Crippen LogP contribution in [-0.4, -0.2) is 18.6 Å². The average Bonchev–Trinajstić information content (AvgIpc) is 2.23. The lowest BCUT2D eigenvalue weighted by Gasteiger charge is -2.31. The van der Waals surface area contributed by atoms with E-state index in [0.29, 0.717) is 0 Å². The molecule has 0 amide bonds. The van der Waals surface area contributed by atoms with Crippen molar-refractivity contribution < 1.29 is 0 Å². The van der Waals surface area contributed by atoms with Gasteiger partial charge in [-0.2, -0.15) is 0 Å². The van der Waals surface area contributed by atoms with Crippen molar-refractivity contribution in [1.82, 2.24) is 4.98 Å². The second-order valence-electron chi connectivity index (χ2n) is 4.91. The number of pyridine rings is 1. The van der Waals surface area contributed by atoms with E-state index in [1.54, 1.807) is 0 Å². The zero-order chi connectivity index (χ0) is 11.5. The van der Waals surface area contributed by atoms with Gasteiger partial charge in [-0.15, -0.1) is 0 Å². The van der Waals surface area contributed by atoms with Crippen LogP contribution >= 0.6 is 0 Å². The Morgan fingerprint density at radius 2 is 2.25 bits per heavy atom. The highest BCUT2D eigenvalue weighted by Crippen LogP contribution is 2.28. The second-order valence-corrected chi connectivity index (χ2v) is 4.91. The van der Waals surface area contributed by atoms with E-state index < -0.39 is 0 Å². The van der Waals surface area contributed by atoms with Crippen molar-refractivity contribution in [1.29, 1.82) is 0 Å². The number of hydrogen-bond donors (Lipinski definition) is 1. The molecule has 0 saturated heterocycles. The summed E-state index contributed by atoms with van der Waals surface area (Å²) in [6.07, 6.45) is 6.10. The van der Waals surface area contributed by atoms with Gasteiger partial charge in [0.2, 0.25) is 0 Å². The van der Waals surface area contributed by atoms with Crippen LogP contribution in [0.15, 0.2) is 18.3 Å². The molecule has 88 valence electrons. The first kappa shape index (κ1) is 11.4. The predicted octanol–water partition coefficient (Wildman–Crippen LogP) is 2.34. The maximum atomic E-state index is 5.78. The average molecular weight is 219 g/mol. The summed E-state index contributed by atoms with van der Waals surface area (Å²) < 4.78 is 0. The van der Waals surface area contributed by atoms with Gasteiger partial charge in [0.25, 0.3) is 0 Å². The molecule has 0 unspecified atom stereocenters. The Balaban J connectivity index is 1.97. The van der Waals surface area contributed by atoms with E-state index in [2.05, 4.69) is 23.0 Å². The number of nitrogens with zero attached hydrogens (tertiary/aromatic N) is 2. The summed E-state index contributed by atoms with van der Waals surface area (Å²) in [5.41, 5.74) is 7.93. The number of nitrogens with two attached hydrogens (primary N) is 1. The Bertz CT molecular complexity index is 328. The minimum atomic E-state index is 0.0194. The fourth-order valence-corrected chi connectivity index (χ4v) is 2.06. The predicted molar refractivity (Wildman–Crippen MR) is 67.5 cm³/mol. The SMILES string of the molecule is C[C@H](N)c1ccc(N(C)CC2CCC2)cn1. The Hall–Kier alpha value is -1.09. The van der Waals surface area contributed by atoms with E-state index >= 15 is 0 Å². The molecule has 16 heavy (non-hydrogen) atoms. The summed E-state index contributed by atoms with van der Waals surface area (Å²) in [4.78, 5) is 6.68. The molecule has 0 radical (unpaired) electrons. The molecule has 1 aliphatic rings. The van der Waals surface area contributed by atoms with Gasteiger partial charge in [-0.25, -0.2) is 0 Å². The fourth-order valence-electron chi connectivity index (χ4n) is 2.06. The smallest absolute Gasteiger partial charge is 0.0569 e. The summed E-state index contributed by atoms with van der Waals surface area (Å²) in [5.74, 6) is 0.887. The minimum Gasteiger partial charge on any atom is -0.373 e. The van der Waals surface area contributed by atoms with Crippen LogP contribution in [0.1, 0.15) is 37.9 Å². The third kappa shape index (κ3) is 2.53. The standard InChI is InChI=1S/C13H21N3/c1-10(14)13-7-6-12(8-15-13)16(2)9-11-4-3-5-11/h6-8,10-11H,3-5,9,14H2,1-2H3/t10-/m0/s1.